The molecule has 4 nitrogen and oxygen atoms in total. The van der Waals surface area contributed by atoms with Crippen molar-refractivity contribution in [3.8, 4) is 5.75 Å². The third kappa shape index (κ3) is 5.52. The van der Waals surface area contributed by atoms with E-state index in [9.17, 15) is 4.79 Å². The summed E-state index contributed by atoms with van der Waals surface area (Å²) in [6, 6.07) is 18.0. The second-order valence-corrected chi connectivity index (χ2v) is 6.50. The van der Waals surface area contributed by atoms with Crippen molar-refractivity contribution in [2.45, 2.75) is 32.8 Å². The van der Waals surface area contributed by atoms with Gasteiger partial charge in [0, 0.05) is 25.8 Å². The monoisotopic (exact) mass is 340 g/mol. The van der Waals surface area contributed by atoms with Gasteiger partial charge in [-0.15, -0.1) is 0 Å². The Kier molecular flexibility index (Phi) is 6.87. The average Bonchev–Trinajstić information content (AvgIpc) is 2.62. The Bertz CT molecular complexity index is 671. The van der Waals surface area contributed by atoms with E-state index in [1.807, 2.05) is 49.5 Å². The molecule has 0 spiro atoms. The molecule has 4 heteroatoms. The van der Waals surface area contributed by atoms with Gasteiger partial charge in [0.05, 0.1) is 0 Å². The van der Waals surface area contributed by atoms with Gasteiger partial charge in [-0.25, -0.2) is 0 Å². The van der Waals surface area contributed by atoms with Crippen LogP contribution in [0.15, 0.2) is 54.6 Å². The number of carbonyl (C=O) groups excluding carboxylic acids is 1. The van der Waals surface area contributed by atoms with E-state index in [0.29, 0.717) is 12.5 Å². The zero-order valence-electron chi connectivity index (χ0n) is 15.5. The first kappa shape index (κ1) is 18.8. The Morgan fingerprint density at radius 3 is 2.36 bits per heavy atom. The fourth-order valence-corrected chi connectivity index (χ4v) is 2.61. The lowest BCUT2D eigenvalue weighted by molar-refractivity contribution is -0.127. The van der Waals surface area contributed by atoms with E-state index in [1.165, 1.54) is 0 Å². The van der Waals surface area contributed by atoms with Gasteiger partial charge in [0.2, 0.25) is 0 Å². The lowest BCUT2D eigenvalue weighted by Crippen LogP contribution is -2.40. The van der Waals surface area contributed by atoms with Crippen molar-refractivity contribution >= 4 is 11.6 Å². The van der Waals surface area contributed by atoms with E-state index in [0.717, 1.165) is 23.5 Å². The van der Waals surface area contributed by atoms with Crippen molar-refractivity contribution in [2.24, 2.45) is 0 Å². The van der Waals surface area contributed by atoms with Crippen LogP contribution in [0.25, 0.3) is 0 Å². The molecule has 0 aliphatic heterocycles. The first-order chi connectivity index (χ1) is 12.0. The van der Waals surface area contributed by atoms with Crippen molar-refractivity contribution < 1.29 is 9.53 Å². The summed E-state index contributed by atoms with van der Waals surface area (Å²) in [6.07, 6.45) is -0.526. The molecular formula is C21H28N2O2. The van der Waals surface area contributed by atoms with E-state index in [4.69, 9.17) is 4.74 Å². The zero-order chi connectivity index (χ0) is 18.2. The van der Waals surface area contributed by atoms with Crippen LogP contribution in [0.5, 0.6) is 5.75 Å². The predicted molar refractivity (Wildman–Crippen MR) is 103 cm³/mol. The fraction of sp³-hybridized carbons (Fsp3) is 0.381. The van der Waals surface area contributed by atoms with Gasteiger partial charge in [0.1, 0.15) is 5.75 Å². The highest BCUT2D eigenvalue weighted by atomic mass is 16.5. The smallest absolute Gasteiger partial charge is 0.260 e. The Morgan fingerprint density at radius 1 is 1.04 bits per heavy atom. The predicted octanol–water partition coefficient (Wildman–Crippen LogP) is 3.83. The summed E-state index contributed by atoms with van der Waals surface area (Å²) in [6.45, 7) is 7.33. The number of benzene rings is 2. The van der Waals surface area contributed by atoms with Gasteiger partial charge >= 0.3 is 0 Å². The van der Waals surface area contributed by atoms with Crippen LogP contribution in [0, 0.1) is 0 Å². The summed E-state index contributed by atoms with van der Waals surface area (Å²) < 4.78 is 5.89. The largest absolute Gasteiger partial charge is 0.481 e. The normalized spacial score (nSPS) is 11.9. The Morgan fingerprint density at radius 2 is 1.68 bits per heavy atom. The molecule has 1 amide bonds. The molecule has 0 saturated carbocycles. The zero-order valence-corrected chi connectivity index (χ0v) is 15.5. The SMILES string of the molecule is CC(C)c1ccccc1O[C@H](C)C(=O)NCCN(C)c1ccccc1. The van der Waals surface area contributed by atoms with E-state index in [-0.39, 0.29) is 5.91 Å². The molecule has 25 heavy (non-hydrogen) atoms. The van der Waals surface area contributed by atoms with Crippen molar-refractivity contribution in [3.63, 3.8) is 0 Å². The van der Waals surface area contributed by atoms with Gasteiger partial charge in [-0.1, -0.05) is 50.2 Å². The minimum absolute atomic E-state index is 0.0972. The van der Waals surface area contributed by atoms with Crippen LogP contribution in [0.1, 0.15) is 32.3 Å². The summed E-state index contributed by atoms with van der Waals surface area (Å²) in [7, 11) is 2.01. The molecule has 0 aromatic heterocycles. The van der Waals surface area contributed by atoms with E-state index < -0.39 is 6.10 Å². The van der Waals surface area contributed by atoms with Crippen LogP contribution < -0.4 is 15.0 Å². The molecule has 134 valence electrons. The van der Waals surface area contributed by atoms with Crippen LogP contribution >= 0.6 is 0 Å². The van der Waals surface area contributed by atoms with Crippen LogP contribution in [0.3, 0.4) is 0 Å². The molecule has 0 aliphatic rings. The highest BCUT2D eigenvalue weighted by Gasteiger charge is 2.16. The standard InChI is InChI=1S/C21H28N2O2/c1-16(2)19-12-8-9-13-20(19)25-17(3)21(24)22-14-15-23(4)18-10-6-5-7-11-18/h5-13,16-17H,14-15H2,1-4H3,(H,22,24)/t17-/m1/s1. The number of anilines is 1. The van der Waals surface area contributed by atoms with Crippen LogP contribution in [-0.2, 0) is 4.79 Å². The first-order valence-corrected chi connectivity index (χ1v) is 8.78. The van der Waals surface area contributed by atoms with Crippen LogP contribution in [0.2, 0.25) is 0 Å². The summed E-state index contributed by atoms with van der Waals surface area (Å²) in [5, 5.41) is 2.95. The van der Waals surface area contributed by atoms with Crippen molar-refractivity contribution in [1.29, 1.82) is 0 Å². The Labute approximate surface area is 150 Å². The van der Waals surface area contributed by atoms with E-state index >= 15 is 0 Å². The summed E-state index contributed by atoms with van der Waals surface area (Å²) in [4.78, 5) is 14.4. The third-order valence-electron chi connectivity index (χ3n) is 4.16. The molecule has 2 aromatic rings. The molecule has 0 saturated heterocycles. The Hall–Kier alpha value is -2.49. The second kappa shape index (κ2) is 9.11. The summed E-state index contributed by atoms with van der Waals surface area (Å²) >= 11 is 0. The molecule has 2 rings (SSSR count). The number of amides is 1. The fourth-order valence-electron chi connectivity index (χ4n) is 2.61. The summed E-state index contributed by atoms with van der Waals surface area (Å²) in [5.41, 5.74) is 2.25. The second-order valence-electron chi connectivity index (χ2n) is 6.50. The number of likely N-dealkylation sites (N-methyl/N-ethyl adjacent to an activating group) is 1. The maximum absolute atomic E-state index is 12.3. The number of ether oxygens (including phenoxy) is 1. The van der Waals surface area contributed by atoms with Gasteiger partial charge in [-0.3, -0.25) is 4.79 Å². The molecular weight excluding hydrogens is 312 g/mol. The lowest BCUT2D eigenvalue weighted by atomic mass is 10.0. The van der Waals surface area contributed by atoms with Crippen LogP contribution in [-0.4, -0.2) is 32.1 Å². The molecule has 0 heterocycles. The topological polar surface area (TPSA) is 41.6 Å². The van der Waals surface area contributed by atoms with E-state index in [1.54, 1.807) is 6.92 Å². The molecule has 0 radical (unpaired) electrons. The van der Waals surface area contributed by atoms with Gasteiger partial charge < -0.3 is 15.0 Å². The molecule has 2 aromatic carbocycles. The maximum Gasteiger partial charge on any atom is 0.260 e. The molecule has 0 aliphatic carbocycles. The highest BCUT2D eigenvalue weighted by molar-refractivity contribution is 5.80. The lowest BCUT2D eigenvalue weighted by Gasteiger charge is -2.21. The van der Waals surface area contributed by atoms with Crippen molar-refractivity contribution in [3.05, 3.63) is 60.2 Å². The summed E-state index contributed by atoms with van der Waals surface area (Å²) in [5.74, 6) is 1.03. The van der Waals surface area contributed by atoms with Gasteiger partial charge in [0.15, 0.2) is 6.10 Å². The number of para-hydroxylation sites is 2. The van der Waals surface area contributed by atoms with E-state index in [2.05, 4.69) is 36.2 Å². The molecule has 1 N–H and O–H groups in total. The number of hydrogen-bond donors (Lipinski definition) is 1. The molecule has 0 unspecified atom stereocenters. The quantitative estimate of drug-likeness (QED) is 0.794. The maximum atomic E-state index is 12.3. The van der Waals surface area contributed by atoms with Crippen LogP contribution in [0.4, 0.5) is 5.69 Å². The van der Waals surface area contributed by atoms with Crippen molar-refractivity contribution in [2.75, 3.05) is 25.0 Å². The van der Waals surface area contributed by atoms with Gasteiger partial charge in [0.25, 0.3) is 5.91 Å². The number of nitrogens with one attached hydrogen (secondary N) is 1. The highest BCUT2D eigenvalue weighted by Crippen LogP contribution is 2.26. The number of rotatable bonds is 8. The minimum Gasteiger partial charge on any atom is -0.481 e. The molecule has 1 atom stereocenters. The number of carbonyl (C=O) groups is 1. The number of hydrogen-bond acceptors (Lipinski definition) is 3. The minimum atomic E-state index is -0.526. The van der Waals surface area contributed by atoms with Gasteiger partial charge in [-0.05, 0) is 36.6 Å². The Balaban J connectivity index is 1.83. The number of nitrogens with zero attached hydrogens (tertiary/aromatic N) is 1. The van der Waals surface area contributed by atoms with Gasteiger partial charge in [-0.2, -0.15) is 0 Å². The average molecular weight is 340 g/mol. The molecule has 0 bridgehead atoms. The van der Waals surface area contributed by atoms with Crippen molar-refractivity contribution in [1.82, 2.24) is 5.32 Å². The molecule has 0 fully saturated rings. The third-order valence-corrected chi connectivity index (χ3v) is 4.16. The first-order valence-electron chi connectivity index (χ1n) is 8.78.